The Morgan fingerprint density at radius 2 is 1.89 bits per heavy atom. The van der Waals surface area contributed by atoms with Gasteiger partial charge < -0.3 is 14.2 Å². The van der Waals surface area contributed by atoms with Gasteiger partial charge in [0.25, 0.3) is 0 Å². The molecular weight excluding hydrogens is 230 g/mol. The van der Waals surface area contributed by atoms with Gasteiger partial charge in [-0.05, 0) is 25.5 Å². The van der Waals surface area contributed by atoms with Crippen LogP contribution in [-0.2, 0) is 4.74 Å². The molecule has 0 aliphatic heterocycles. The van der Waals surface area contributed by atoms with E-state index in [9.17, 15) is 0 Å². The van der Waals surface area contributed by atoms with Crippen molar-refractivity contribution in [1.29, 1.82) is 5.26 Å². The predicted molar refractivity (Wildman–Crippen MR) is 68.9 cm³/mol. The van der Waals surface area contributed by atoms with E-state index in [2.05, 4.69) is 13.0 Å². The molecule has 0 N–H and O–H groups in total. The lowest BCUT2D eigenvalue weighted by Crippen LogP contribution is -2.08. The highest BCUT2D eigenvalue weighted by molar-refractivity contribution is 5.46. The second-order valence-electron chi connectivity index (χ2n) is 3.67. The molecule has 0 aromatic heterocycles. The van der Waals surface area contributed by atoms with E-state index in [-0.39, 0.29) is 0 Å². The summed E-state index contributed by atoms with van der Waals surface area (Å²) in [6, 6.07) is 7.23. The Morgan fingerprint density at radius 1 is 1.06 bits per heavy atom. The van der Waals surface area contributed by atoms with E-state index >= 15 is 0 Å². The number of ether oxygens (including phenoxy) is 3. The maximum absolute atomic E-state index is 8.83. The second-order valence-corrected chi connectivity index (χ2v) is 3.67. The van der Waals surface area contributed by atoms with E-state index < -0.39 is 0 Å². The van der Waals surface area contributed by atoms with Crippen molar-refractivity contribution in [2.45, 2.75) is 20.3 Å². The molecule has 0 heterocycles. The zero-order chi connectivity index (χ0) is 13.2. The van der Waals surface area contributed by atoms with Gasteiger partial charge in [-0.25, -0.2) is 0 Å². The van der Waals surface area contributed by atoms with Crippen LogP contribution >= 0.6 is 0 Å². The topological polar surface area (TPSA) is 51.5 Å². The quantitative estimate of drug-likeness (QED) is 0.665. The summed E-state index contributed by atoms with van der Waals surface area (Å²) in [5, 5.41) is 8.83. The van der Waals surface area contributed by atoms with Crippen LogP contribution in [0.3, 0.4) is 0 Å². The van der Waals surface area contributed by atoms with Crippen LogP contribution in [0.2, 0.25) is 0 Å². The van der Waals surface area contributed by atoms with E-state index in [1.807, 2.05) is 6.92 Å². The van der Waals surface area contributed by atoms with Gasteiger partial charge in [-0.1, -0.05) is 6.92 Å². The van der Waals surface area contributed by atoms with Crippen molar-refractivity contribution < 1.29 is 14.2 Å². The summed E-state index contributed by atoms with van der Waals surface area (Å²) < 4.78 is 16.3. The van der Waals surface area contributed by atoms with Crippen molar-refractivity contribution >= 4 is 0 Å². The molecule has 0 bridgehead atoms. The van der Waals surface area contributed by atoms with Crippen molar-refractivity contribution in [3.05, 3.63) is 23.8 Å². The summed E-state index contributed by atoms with van der Waals surface area (Å²) in [7, 11) is 0. The first kappa shape index (κ1) is 14.3. The molecule has 1 rings (SSSR count). The summed E-state index contributed by atoms with van der Waals surface area (Å²) in [5.74, 6) is 1.25. The third-order valence-electron chi connectivity index (χ3n) is 2.21. The molecule has 0 aliphatic rings. The molecule has 0 spiro atoms. The average molecular weight is 249 g/mol. The fourth-order valence-corrected chi connectivity index (χ4v) is 1.42. The van der Waals surface area contributed by atoms with Crippen LogP contribution in [0, 0.1) is 11.3 Å². The summed E-state index contributed by atoms with van der Waals surface area (Å²) >= 11 is 0. The largest absolute Gasteiger partial charge is 0.490 e. The van der Waals surface area contributed by atoms with E-state index in [0.717, 1.165) is 13.0 Å². The van der Waals surface area contributed by atoms with Crippen molar-refractivity contribution in [3.63, 3.8) is 0 Å². The number of benzene rings is 1. The van der Waals surface area contributed by atoms with Gasteiger partial charge in [0.2, 0.25) is 0 Å². The van der Waals surface area contributed by atoms with Crippen molar-refractivity contribution in [3.8, 4) is 17.6 Å². The van der Waals surface area contributed by atoms with Gasteiger partial charge in [0.1, 0.15) is 6.61 Å². The molecule has 1 aromatic rings. The SMILES string of the molecule is CCCOCCOc1ccc(C#N)cc1OCC. The molecule has 0 amide bonds. The Kier molecular flexibility index (Phi) is 6.67. The molecule has 98 valence electrons. The first-order chi connectivity index (χ1) is 8.81. The van der Waals surface area contributed by atoms with Crippen LogP contribution in [0.5, 0.6) is 11.5 Å². The van der Waals surface area contributed by atoms with Crippen molar-refractivity contribution in [2.24, 2.45) is 0 Å². The zero-order valence-electron chi connectivity index (χ0n) is 10.9. The highest BCUT2D eigenvalue weighted by atomic mass is 16.5. The zero-order valence-corrected chi connectivity index (χ0v) is 10.9. The predicted octanol–water partition coefficient (Wildman–Crippen LogP) is 2.76. The molecule has 0 unspecified atom stereocenters. The lowest BCUT2D eigenvalue weighted by atomic mass is 10.2. The Balaban J connectivity index is 2.55. The Morgan fingerprint density at radius 3 is 2.56 bits per heavy atom. The molecule has 1 aromatic carbocycles. The maximum atomic E-state index is 8.83. The number of nitrogens with zero attached hydrogens (tertiary/aromatic N) is 1. The molecule has 0 saturated heterocycles. The standard InChI is InChI=1S/C14H19NO3/c1-3-7-16-8-9-18-13-6-5-12(11-15)10-14(13)17-4-2/h5-6,10H,3-4,7-9H2,1-2H3. The Labute approximate surface area is 108 Å². The third kappa shape index (κ3) is 4.64. The Hall–Kier alpha value is -1.73. The van der Waals surface area contributed by atoms with Gasteiger partial charge >= 0.3 is 0 Å². The number of rotatable bonds is 8. The third-order valence-corrected chi connectivity index (χ3v) is 2.21. The number of nitriles is 1. The summed E-state index contributed by atoms with van der Waals surface area (Å²) in [5.41, 5.74) is 0.563. The molecule has 18 heavy (non-hydrogen) atoms. The van der Waals surface area contributed by atoms with Crippen LogP contribution < -0.4 is 9.47 Å². The van der Waals surface area contributed by atoms with E-state index in [4.69, 9.17) is 19.5 Å². The number of hydrogen-bond donors (Lipinski definition) is 0. The van der Waals surface area contributed by atoms with Crippen LogP contribution in [0.1, 0.15) is 25.8 Å². The van der Waals surface area contributed by atoms with Gasteiger partial charge in [-0.2, -0.15) is 5.26 Å². The lowest BCUT2D eigenvalue weighted by Gasteiger charge is -2.12. The van der Waals surface area contributed by atoms with E-state index in [1.54, 1.807) is 18.2 Å². The monoisotopic (exact) mass is 249 g/mol. The molecule has 0 atom stereocenters. The van der Waals surface area contributed by atoms with Crippen LogP contribution in [0.25, 0.3) is 0 Å². The fraction of sp³-hybridized carbons (Fsp3) is 0.500. The normalized spacial score (nSPS) is 9.83. The molecule has 0 fully saturated rings. The first-order valence-corrected chi connectivity index (χ1v) is 6.19. The van der Waals surface area contributed by atoms with Gasteiger partial charge in [0.15, 0.2) is 11.5 Å². The minimum atomic E-state index is 0.478. The molecule has 0 radical (unpaired) electrons. The minimum Gasteiger partial charge on any atom is -0.490 e. The van der Waals surface area contributed by atoms with E-state index in [1.165, 1.54) is 0 Å². The summed E-state index contributed by atoms with van der Waals surface area (Å²) in [6.07, 6.45) is 1.00. The molecular formula is C14H19NO3. The highest BCUT2D eigenvalue weighted by Crippen LogP contribution is 2.28. The number of hydrogen-bond acceptors (Lipinski definition) is 4. The molecule has 0 saturated carbocycles. The van der Waals surface area contributed by atoms with Crippen LogP contribution in [-0.4, -0.2) is 26.4 Å². The van der Waals surface area contributed by atoms with Crippen molar-refractivity contribution in [1.82, 2.24) is 0 Å². The van der Waals surface area contributed by atoms with Gasteiger partial charge in [-0.3, -0.25) is 0 Å². The van der Waals surface area contributed by atoms with Gasteiger partial charge in [0, 0.05) is 12.7 Å². The average Bonchev–Trinajstić information content (AvgIpc) is 2.40. The van der Waals surface area contributed by atoms with E-state index in [0.29, 0.717) is 36.9 Å². The molecule has 4 heteroatoms. The summed E-state index contributed by atoms with van der Waals surface area (Å²) in [4.78, 5) is 0. The summed E-state index contributed by atoms with van der Waals surface area (Å²) in [6.45, 7) is 6.28. The molecule has 4 nitrogen and oxygen atoms in total. The van der Waals surface area contributed by atoms with Crippen molar-refractivity contribution in [2.75, 3.05) is 26.4 Å². The lowest BCUT2D eigenvalue weighted by molar-refractivity contribution is 0.0992. The smallest absolute Gasteiger partial charge is 0.162 e. The van der Waals surface area contributed by atoms with Crippen LogP contribution in [0.15, 0.2) is 18.2 Å². The first-order valence-electron chi connectivity index (χ1n) is 6.19. The van der Waals surface area contributed by atoms with Gasteiger partial charge in [0.05, 0.1) is 24.8 Å². The fourth-order valence-electron chi connectivity index (χ4n) is 1.42. The second kappa shape index (κ2) is 8.37. The highest BCUT2D eigenvalue weighted by Gasteiger charge is 2.06. The maximum Gasteiger partial charge on any atom is 0.162 e. The molecule has 0 aliphatic carbocycles. The van der Waals surface area contributed by atoms with Gasteiger partial charge in [-0.15, -0.1) is 0 Å². The Bertz CT molecular complexity index is 399. The minimum absolute atomic E-state index is 0.478. The van der Waals surface area contributed by atoms with Crippen LogP contribution in [0.4, 0.5) is 0 Å².